The SMILES string of the molecule is CC(C)(CCc1ccccc1)[S@@](=O)c1ccccc1. The van der Waals surface area contributed by atoms with E-state index in [1.807, 2.05) is 36.4 Å². The van der Waals surface area contributed by atoms with Crippen LogP contribution >= 0.6 is 0 Å². The zero-order valence-electron chi connectivity index (χ0n) is 11.5. The van der Waals surface area contributed by atoms with Crippen molar-refractivity contribution in [3.05, 3.63) is 66.2 Å². The second-order valence-corrected chi connectivity index (χ2v) is 7.44. The van der Waals surface area contributed by atoms with Crippen LogP contribution in [-0.2, 0) is 17.2 Å². The second-order valence-electron chi connectivity index (χ2n) is 5.33. The molecule has 1 atom stereocenters. The number of aryl methyl sites for hydroxylation is 1. The maximum absolute atomic E-state index is 12.6. The van der Waals surface area contributed by atoms with Crippen molar-refractivity contribution in [1.82, 2.24) is 0 Å². The molecule has 0 aliphatic rings. The molecule has 19 heavy (non-hydrogen) atoms. The van der Waals surface area contributed by atoms with Gasteiger partial charge in [0, 0.05) is 9.64 Å². The zero-order valence-corrected chi connectivity index (χ0v) is 12.3. The van der Waals surface area contributed by atoms with E-state index < -0.39 is 10.8 Å². The Morgan fingerprint density at radius 1 is 0.895 bits per heavy atom. The van der Waals surface area contributed by atoms with E-state index in [0.29, 0.717) is 0 Å². The van der Waals surface area contributed by atoms with Crippen molar-refractivity contribution in [1.29, 1.82) is 0 Å². The van der Waals surface area contributed by atoms with Crippen LogP contribution in [0, 0.1) is 0 Å². The maximum Gasteiger partial charge on any atom is 0.0586 e. The molecule has 0 spiro atoms. The fraction of sp³-hybridized carbons (Fsp3) is 0.294. The first-order chi connectivity index (χ1) is 9.09. The Balaban J connectivity index is 2.04. The average molecular weight is 272 g/mol. The monoisotopic (exact) mass is 272 g/mol. The van der Waals surface area contributed by atoms with Crippen LogP contribution in [-0.4, -0.2) is 8.96 Å². The summed E-state index contributed by atoms with van der Waals surface area (Å²) < 4.78 is 12.4. The van der Waals surface area contributed by atoms with E-state index in [1.165, 1.54) is 5.56 Å². The van der Waals surface area contributed by atoms with Crippen LogP contribution in [0.15, 0.2) is 65.6 Å². The van der Waals surface area contributed by atoms with Crippen molar-refractivity contribution in [2.45, 2.75) is 36.3 Å². The molecule has 0 radical (unpaired) electrons. The van der Waals surface area contributed by atoms with Gasteiger partial charge in [-0.2, -0.15) is 0 Å². The largest absolute Gasteiger partial charge is 0.254 e. The molecular weight excluding hydrogens is 252 g/mol. The molecule has 0 N–H and O–H groups in total. The lowest BCUT2D eigenvalue weighted by molar-refractivity contribution is 0.590. The van der Waals surface area contributed by atoms with Gasteiger partial charge in [-0.25, -0.2) is 0 Å². The molecule has 1 nitrogen and oxygen atoms in total. The summed E-state index contributed by atoms with van der Waals surface area (Å²) in [5.74, 6) is 0. The molecule has 2 aromatic carbocycles. The molecule has 0 amide bonds. The molecule has 100 valence electrons. The molecule has 0 saturated heterocycles. The van der Waals surface area contributed by atoms with Gasteiger partial charge in [0.2, 0.25) is 0 Å². The van der Waals surface area contributed by atoms with Crippen molar-refractivity contribution in [3.63, 3.8) is 0 Å². The summed E-state index contributed by atoms with van der Waals surface area (Å²) in [6.07, 6.45) is 1.88. The molecule has 0 saturated carbocycles. The van der Waals surface area contributed by atoms with Gasteiger partial charge in [-0.3, -0.25) is 4.21 Å². The van der Waals surface area contributed by atoms with Crippen LogP contribution in [0.25, 0.3) is 0 Å². The van der Waals surface area contributed by atoms with E-state index in [1.54, 1.807) is 0 Å². The molecule has 0 unspecified atom stereocenters. The van der Waals surface area contributed by atoms with Gasteiger partial charge in [0.15, 0.2) is 0 Å². The summed E-state index contributed by atoms with van der Waals surface area (Å²) in [6, 6.07) is 20.1. The quantitative estimate of drug-likeness (QED) is 0.797. The van der Waals surface area contributed by atoms with Crippen molar-refractivity contribution in [3.8, 4) is 0 Å². The summed E-state index contributed by atoms with van der Waals surface area (Å²) >= 11 is 0. The molecule has 0 aliphatic heterocycles. The Labute approximate surface area is 118 Å². The average Bonchev–Trinajstić information content (AvgIpc) is 2.46. The topological polar surface area (TPSA) is 17.1 Å². The smallest absolute Gasteiger partial charge is 0.0586 e. The van der Waals surface area contributed by atoms with Gasteiger partial charge in [0.05, 0.1) is 10.8 Å². The Kier molecular flexibility index (Phi) is 4.54. The van der Waals surface area contributed by atoms with Gasteiger partial charge in [0.1, 0.15) is 0 Å². The van der Waals surface area contributed by atoms with Crippen molar-refractivity contribution < 1.29 is 4.21 Å². The summed E-state index contributed by atoms with van der Waals surface area (Å²) in [5.41, 5.74) is 1.31. The summed E-state index contributed by atoms with van der Waals surface area (Å²) in [6.45, 7) is 4.16. The minimum Gasteiger partial charge on any atom is -0.254 e. The number of hydrogen-bond donors (Lipinski definition) is 0. The molecule has 0 aromatic heterocycles. The Hall–Kier alpha value is -1.41. The van der Waals surface area contributed by atoms with Crippen LogP contribution in [0.1, 0.15) is 25.8 Å². The number of hydrogen-bond acceptors (Lipinski definition) is 1. The van der Waals surface area contributed by atoms with Crippen LogP contribution in [0.5, 0.6) is 0 Å². The normalized spacial score (nSPS) is 13.2. The van der Waals surface area contributed by atoms with Gasteiger partial charge in [-0.1, -0.05) is 48.5 Å². The predicted molar refractivity (Wildman–Crippen MR) is 81.7 cm³/mol. The third-order valence-corrected chi connectivity index (χ3v) is 5.23. The van der Waals surface area contributed by atoms with Gasteiger partial charge < -0.3 is 0 Å². The van der Waals surface area contributed by atoms with Crippen LogP contribution in [0.4, 0.5) is 0 Å². The van der Waals surface area contributed by atoms with Gasteiger partial charge in [0.25, 0.3) is 0 Å². The first kappa shape index (κ1) is 14.0. The Bertz CT molecular complexity index is 532. The van der Waals surface area contributed by atoms with Crippen LogP contribution in [0.2, 0.25) is 0 Å². The lowest BCUT2D eigenvalue weighted by Crippen LogP contribution is -2.27. The first-order valence-electron chi connectivity index (χ1n) is 6.60. The van der Waals surface area contributed by atoms with Crippen molar-refractivity contribution in [2.75, 3.05) is 0 Å². The third-order valence-electron chi connectivity index (χ3n) is 3.32. The highest BCUT2D eigenvalue weighted by Gasteiger charge is 2.26. The molecule has 0 aliphatic carbocycles. The van der Waals surface area contributed by atoms with Crippen molar-refractivity contribution in [2.24, 2.45) is 0 Å². The van der Waals surface area contributed by atoms with Crippen molar-refractivity contribution >= 4 is 10.8 Å². The number of benzene rings is 2. The van der Waals surface area contributed by atoms with E-state index in [2.05, 4.69) is 38.1 Å². The molecule has 2 heteroatoms. The lowest BCUT2D eigenvalue weighted by Gasteiger charge is -2.24. The maximum atomic E-state index is 12.6. The first-order valence-corrected chi connectivity index (χ1v) is 7.75. The van der Waals surface area contributed by atoms with E-state index in [9.17, 15) is 4.21 Å². The van der Waals surface area contributed by atoms with E-state index in [-0.39, 0.29) is 4.75 Å². The van der Waals surface area contributed by atoms with Gasteiger partial charge in [-0.15, -0.1) is 0 Å². The minimum atomic E-state index is -0.967. The van der Waals surface area contributed by atoms with Crippen LogP contribution < -0.4 is 0 Å². The van der Waals surface area contributed by atoms with Crippen LogP contribution in [0.3, 0.4) is 0 Å². The standard InChI is InChI=1S/C17H20OS/c1-17(2,14-13-15-9-5-3-6-10-15)19(18)16-11-7-4-8-12-16/h3-12H,13-14H2,1-2H3/t19-/m0/s1. The highest BCUT2D eigenvalue weighted by atomic mass is 32.2. The Morgan fingerprint density at radius 2 is 1.42 bits per heavy atom. The predicted octanol–water partition coefficient (Wildman–Crippen LogP) is 4.21. The van der Waals surface area contributed by atoms with E-state index in [0.717, 1.165) is 17.7 Å². The molecule has 2 aromatic rings. The summed E-state index contributed by atoms with van der Waals surface area (Å²) in [7, 11) is -0.967. The minimum absolute atomic E-state index is 0.211. The highest BCUT2D eigenvalue weighted by molar-refractivity contribution is 7.86. The third kappa shape index (κ3) is 3.77. The lowest BCUT2D eigenvalue weighted by atomic mass is 10.0. The van der Waals surface area contributed by atoms with E-state index in [4.69, 9.17) is 0 Å². The summed E-state index contributed by atoms with van der Waals surface area (Å²) in [5, 5.41) is 0. The molecule has 0 heterocycles. The van der Waals surface area contributed by atoms with Gasteiger partial charge >= 0.3 is 0 Å². The second kappa shape index (κ2) is 6.16. The number of rotatable bonds is 5. The van der Waals surface area contributed by atoms with E-state index >= 15 is 0 Å². The molecule has 2 rings (SSSR count). The fourth-order valence-electron chi connectivity index (χ4n) is 2.05. The summed E-state index contributed by atoms with van der Waals surface area (Å²) in [4.78, 5) is 0.917. The Morgan fingerprint density at radius 3 is 2.00 bits per heavy atom. The van der Waals surface area contributed by atoms with Gasteiger partial charge in [-0.05, 0) is 44.4 Å². The molecule has 0 bridgehead atoms. The zero-order chi connectivity index (χ0) is 13.7. The highest BCUT2D eigenvalue weighted by Crippen LogP contribution is 2.25. The molecular formula is C17H20OS. The molecule has 0 fully saturated rings. The fourth-order valence-corrected chi connectivity index (χ4v) is 3.38.